The van der Waals surface area contributed by atoms with Crippen LogP contribution in [0.25, 0.3) is 0 Å². The van der Waals surface area contributed by atoms with E-state index in [2.05, 4.69) is 37.9 Å². The molecule has 5 heteroatoms. The van der Waals surface area contributed by atoms with E-state index >= 15 is 0 Å². The molecule has 0 aliphatic carbocycles. The van der Waals surface area contributed by atoms with Crippen molar-refractivity contribution < 1.29 is 4.79 Å². The van der Waals surface area contributed by atoms with Crippen LogP contribution in [0.2, 0.25) is 0 Å². The summed E-state index contributed by atoms with van der Waals surface area (Å²) in [4.78, 5) is 13.6. The summed E-state index contributed by atoms with van der Waals surface area (Å²) in [5.74, 6) is 0.110. The lowest BCUT2D eigenvalue weighted by Crippen LogP contribution is -2.24. The van der Waals surface area contributed by atoms with Gasteiger partial charge in [-0.2, -0.15) is 5.26 Å². The standard InChI is InChI=1S/C11H8Br2N2O/c12-8-3-11(16)15(6-8)9-2-1-7(5-14)10(13)4-9/h1-2,4,8H,3,6H2. The number of halogens is 2. The lowest BCUT2D eigenvalue weighted by molar-refractivity contribution is -0.117. The Balaban J connectivity index is 2.32. The molecule has 1 atom stereocenters. The van der Waals surface area contributed by atoms with Crippen molar-refractivity contribution in [3.05, 3.63) is 28.2 Å². The van der Waals surface area contributed by atoms with Crippen molar-refractivity contribution >= 4 is 43.5 Å². The molecule has 1 saturated heterocycles. The number of rotatable bonds is 1. The van der Waals surface area contributed by atoms with E-state index in [-0.39, 0.29) is 10.7 Å². The van der Waals surface area contributed by atoms with Crippen LogP contribution in [0.15, 0.2) is 22.7 Å². The molecule has 1 heterocycles. The van der Waals surface area contributed by atoms with E-state index in [9.17, 15) is 4.79 Å². The number of amides is 1. The van der Waals surface area contributed by atoms with Crippen LogP contribution in [0.4, 0.5) is 5.69 Å². The lowest BCUT2D eigenvalue weighted by atomic mass is 10.2. The summed E-state index contributed by atoms with van der Waals surface area (Å²) in [7, 11) is 0. The van der Waals surface area contributed by atoms with Gasteiger partial charge >= 0.3 is 0 Å². The SMILES string of the molecule is N#Cc1ccc(N2CC(Br)CC2=O)cc1Br. The fourth-order valence-electron chi connectivity index (χ4n) is 1.68. The molecule has 1 aromatic carbocycles. The third-order valence-electron chi connectivity index (χ3n) is 2.46. The van der Waals surface area contributed by atoms with Gasteiger partial charge in [-0.15, -0.1) is 0 Å². The summed E-state index contributed by atoms with van der Waals surface area (Å²) >= 11 is 6.75. The Morgan fingerprint density at radius 1 is 1.50 bits per heavy atom. The predicted molar refractivity (Wildman–Crippen MR) is 68.5 cm³/mol. The Labute approximate surface area is 110 Å². The second-order valence-electron chi connectivity index (χ2n) is 3.58. The molecule has 0 saturated carbocycles. The number of carbonyl (C=O) groups is 1. The molecule has 1 amide bonds. The molecule has 1 aliphatic heterocycles. The summed E-state index contributed by atoms with van der Waals surface area (Å²) in [5, 5.41) is 8.80. The second-order valence-corrected chi connectivity index (χ2v) is 5.73. The Bertz CT molecular complexity index is 481. The van der Waals surface area contributed by atoms with E-state index in [4.69, 9.17) is 5.26 Å². The van der Waals surface area contributed by atoms with Crippen molar-refractivity contribution in [3.63, 3.8) is 0 Å². The zero-order valence-corrected chi connectivity index (χ0v) is 11.5. The molecular weight excluding hydrogens is 336 g/mol. The van der Waals surface area contributed by atoms with E-state index in [0.29, 0.717) is 18.5 Å². The highest BCUT2D eigenvalue weighted by Crippen LogP contribution is 2.28. The van der Waals surface area contributed by atoms with Gasteiger partial charge in [-0.3, -0.25) is 4.79 Å². The summed E-state index contributed by atoms with van der Waals surface area (Å²) in [6, 6.07) is 7.39. The molecule has 1 aliphatic rings. The molecule has 16 heavy (non-hydrogen) atoms. The molecule has 1 unspecified atom stereocenters. The van der Waals surface area contributed by atoms with E-state index in [0.717, 1.165) is 10.2 Å². The van der Waals surface area contributed by atoms with Gasteiger partial charge in [0.25, 0.3) is 0 Å². The van der Waals surface area contributed by atoms with E-state index in [1.165, 1.54) is 0 Å². The molecule has 1 aromatic rings. The number of hydrogen-bond donors (Lipinski definition) is 0. The largest absolute Gasteiger partial charge is 0.311 e. The average Bonchev–Trinajstić information content (AvgIpc) is 2.58. The second kappa shape index (κ2) is 4.56. The van der Waals surface area contributed by atoms with Crippen molar-refractivity contribution in [1.29, 1.82) is 5.26 Å². The van der Waals surface area contributed by atoms with Gasteiger partial charge in [0, 0.05) is 28.0 Å². The average molecular weight is 344 g/mol. The first kappa shape index (κ1) is 11.6. The third kappa shape index (κ3) is 2.13. The molecule has 0 spiro atoms. The maximum atomic E-state index is 11.7. The summed E-state index contributed by atoms with van der Waals surface area (Å²) in [6.07, 6.45) is 0.525. The van der Waals surface area contributed by atoms with Crippen molar-refractivity contribution in [1.82, 2.24) is 0 Å². The third-order valence-corrected chi connectivity index (χ3v) is 3.73. The topological polar surface area (TPSA) is 44.1 Å². The molecule has 0 N–H and O–H groups in total. The first-order chi connectivity index (χ1) is 7.61. The van der Waals surface area contributed by atoms with Crippen LogP contribution in [0, 0.1) is 11.3 Å². The smallest absolute Gasteiger partial charge is 0.228 e. The van der Waals surface area contributed by atoms with Gasteiger partial charge in [-0.25, -0.2) is 0 Å². The number of benzene rings is 1. The monoisotopic (exact) mass is 342 g/mol. The zero-order chi connectivity index (χ0) is 11.7. The lowest BCUT2D eigenvalue weighted by Gasteiger charge is -2.16. The van der Waals surface area contributed by atoms with E-state index < -0.39 is 0 Å². The Morgan fingerprint density at radius 2 is 2.25 bits per heavy atom. The first-order valence-corrected chi connectivity index (χ1v) is 6.47. The minimum Gasteiger partial charge on any atom is -0.311 e. The van der Waals surface area contributed by atoms with Gasteiger partial charge in [0.1, 0.15) is 6.07 Å². The number of anilines is 1. The van der Waals surface area contributed by atoms with Gasteiger partial charge in [0.05, 0.1) is 5.56 Å². The first-order valence-electron chi connectivity index (χ1n) is 4.76. The highest BCUT2D eigenvalue weighted by Gasteiger charge is 2.28. The minimum atomic E-state index is 0.110. The summed E-state index contributed by atoms with van der Waals surface area (Å²) in [6.45, 7) is 0.678. The van der Waals surface area contributed by atoms with Gasteiger partial charge in [-0.1, -0.05) is 15.9 Å². The van der Waals surface area contributed by atoms with Gasteiger partial charge < -0.3 is 4.90 Å². The molecule has 0 bridgehead atoms. The highest BCUT2D eigenvalue weighted by molar-refractivity contribution is 9.10. The van der Waals surface area contributed by atoms with Crippen LogP contribution in [0.3, 0.4) is 0 Å². The van der Waals surface area contributed by atoms with E-state index in [1.54, 1.807) is 17.0 Å². The van der Waals surface area contributed by atoms with Crippen LogP contribution >= 0.6 is 31.9 Å². The summed E-state index contributed by atoms with van der Waals surface area (Å²) < 4.78 is 0.721. The number of carbonyl (C=O) groups excluding carboxylic acids is 1. The predicted octanol–water partition coefficient (Wildman–Crippen LogP) is 2.82. The van der Waals surface area contributed by atoms with Gasteiger partial charge in [0.2, 0.25) is 5.91 Å². The van der Waals surface area contributed by atoms with Crippen molar-refractivity contribution in [2.45, 2.75) is 11.2 Å². The van der Waals surface area contributed by atoms with Gasteiger partial charge in [-0.05, 0) is 34.1 Å². The Kier molecular flexibility index (Phi) is 3.31. The van der Waals surface area contributed by atoms with Crippen LogP contribution in [0.5, 0.6) is 0 Å². The molecule has 2 rings (SSSR count). The van der Waals surface area contributed by atoms with E-state index in [1.807, 2.05) is 6.07 Å². The Hall–Kier alpha value is -0.860. The van der Waals surface area contributed by atoms with Crippen molar-refractivity contribution in [2.24, 2.45) is 0 Å². The minimum absolute atomic E-state index is 0.110. The maximum Gasteiger partial charge on any atom is 0.228 e. The number of nitrogens with zero attached hydrogens (tertiary/aromatic N) is 2. The number of alkyl halides is 1. The number of hydrogen-bond acceptors (Lipinski definition) is 2. The van der Waals surface area contributed by atoms with Crippen molar-refractivity contribution in [2.75, 3.05) is 11.4 Å². The Morgan fingerprint density at radius 3 is 2.75 bits per heavy atom. The zero-order valence-electron chi connectivity index (χ0n) is 8.28. The van der Waals surface area contributed by atoms with Crippen LogP contribution in [-0.2, 0) is 4.79 Å². The number of nitriles is 1. The van der Waals surface area contributed by atoms with Gasteiger partial charge in [0.15, 0.2) is 0 Å². The van der Waals surface area contributed by atoms with Crippen molar-refractivity contribution in [3.8, 4) is 6.07 Å². The molecule has 82 valence electrons. The molecule has 0 aromatic heterocycles. The molecule has 3 nitrogen and oxygen atoms in total. The summed E-state index contributed by atoms with van der Waals surface area (Å²) in [5.41, 5.74) is 1.41. The normalized spacial score (nSPS) is 19.9. The highest BCUT2D eigenvalue weighted by atomic mass is 79.9. The molecule has 0 radical (unpaired) electrons. The molecule has 1 fully saturated rings. The van der Waals surface area contributed by atoms with Crippen LogP contribution < -0.4 is 4.90 Å². The quantitative estimate of drug-likeness (QED) is 0.736. The molecular formula is C11H8Br2N2O. The fraction of sp³-hybridized carbons (Fsp3) is 0.273. The fourth-order valence-corrected chi connectivity index (χ4v) is 2.70. The van der Waals surface area contributed by atoms with Crippen LogP contribution in [-0.4, -0.2) is 17.3 Å². The van der Waals surface area contributed by atoms with Crippen LogP contribution in [0.1, 0.15) is 12.0 Å². The maximum absolute atomic E-state index is 11.7.